The molecular formula is C23H16ClNO2S2. The zero-order chi connectivity index (χ0) is 20.2. The van der Waals surface area contributed by atoms with Gasteiger partial charge < -0.3 is 4.74 Å². The number of carbonyl (C=O) groups is 1. The summed E-state index contributed by atoms with van der Waals surface area (Å²) in [6.45, 7) is 0.454. The van der Waals surface area contributed by atoms with E-state index in [2.05, 4.69) is 0 Å². The van der Waals surface area contributed by atoms with E-state index in [0.717, 1.165) is 11.1 Å². The van der Waals surface area contributed by atoms with Crippen molar-refractivity contribution in [1.29, 1.82) is 0 Å². The van der Waals surface area contributed by atoms with Crippen molar-refractivity contribution in [3.8, 4) is 5.75 Å². The molecule has 1 amide bonds. The second-order valence-corrected chi connectivity index (χ2v) is 8.42. The van der Waals surface area contributed by atoms with Crippen LogP contribution in [-0.4, -0.2) is 10.2 Å². The van der Waals surface area contributed by atoms with E-state index in [-0.39, 0.29) is 5.91 Å². The number of para-hydroxylation sites is 1. The molecule has 29 heavy (non-hydrogen) atoms. The molecule has 1 fully saturated rings. The van der Waals surface area contributed by atoms with Gasteiger partial charge in [0.1, 0.15) is 12.4 Å². The standard InChI is InChI=1S/C23H16ClNO2S2/c24-18-10-6-11-19(14-18)25-22(26)21(29-23(25)28)13-17-9-4-5-12-20(17)27-15-16-7-2-1-3-8-16/h1-14H,15H2. The van der Waals surface area contributed by atoms with Crippen molar-refractivity contribution < 1.29 is 9.53 Å². The normalized spacial score (nSPS) is 15.2. The van der Waals surface area contributed by atoms with Gasteiger partial charge in [-0.3, -0.25) is 9.69 Å². The highest BCUT2D eigenvalue weighted by atomic mass is 35.5. The molecule has 3 aromatic carbocycles. The van der Waals surface area contributed by atoms with E-state index >= 15 is 0 Å². The average Bonchev–Trinajstić information content (AvgIpc) is 3.01. The summed E-state index contributed by atoms with van der Waals surface area (Å²) in [7, 11) is 0. The smallest absolute Gasteiger partial charge is 0.270 e. The van der Waals surface area contributed by atoms with Crippen molar-refractivity contribution >= 4 is 57.6 Å². The van der Waals surface area contributed by atoms with E-state index in [4.69, 9.17) is 28.6 Å². The maximum Gasteiger partial charge on any atom is 0.270 e. The Morgan fingerprint density at radius 2 is 1.76 bits per heavy atom. The minimum absolute atomic E-state index is 0.167. The van der Waals surface area contributed by atoms with E-state index in [1.54, 1.807) is 18.2 Å². The highest BCUT2D eigenvalue weighted by Gasteiger charge is 2.33. The Balaban J connectivity index is 1.58. The van der Waals surface area contributed by atoms with Gasteiger partial charge in [-0.05, 0) is 35.9 Å². The van der Waals surface area contributed by atoms with Crippen molar-refractivity contribution in [3.63, 3.8) is 0 Å². The van der Waals surface area contributed by atoms with Gasteiger partial charge in [0.2, 0.25) is 0 Å². The van der Waals surface area contributed by atoms with Crippen molar-refractivity contribution in [2.24, 2.45) is 0 Å². The summed E-state index contributed by atoms with van der Waals surface area (Å²) in [6, 6.07) is 24.7. The molecule has 3 aromatic rings. The Kier molecular flexibility index (Phi) is 6.00. The van der Waals surface area contributed by atoms with Gasteiger partial charge in [0, 0.05) is 10.6 Å². The lowest BCUT2D eigenvalue weighted by atomic mass is 10.1. The third-order valence-corrected chi connectivity index (χ3v) is 5.84. The summed E-state index contributed by atoms with van der Waals surface area (Å²) in [5.74, 6) is 0.546. The highest BCUT2D eigenvalue weighted by Crippen LogP contribution is 2.37. The van der Waals surface area contributed by atoms with Crippen molar-refractivity contribution in [3.05, 3.63) is 99.9 Å². The molecule has 1 heterocycles. The third kappa shape index (κ3) is 4.53. The summed E-state index contributed by atoms with van der Waals surface area (Å²) in [5, 5.41) is 0.556. The molecule has 0 unspecified atom stereocenters. The number of halogens is 1. The van der Waals surface area contributed by atoms with Crippen LogP contribution in [0.15, 0.2) is 83.8 Å². The zero-order valence-corrected chi connectivity index (χ0v) is 17.6. The van der Waals surface area contributed by atoms with E-state index < -0.39 is 0 Å². The number of amides is 1. The number of hydrogen-bond acceptors (Lipinski definition) is 4. The zero-order valence-electron chi connectivity index (χ0n) is 15.2. The van der Waals surface area contributed by atoms with Gasteiger partial charge in [-0.2, -0.15) is 0 Å². The van der Waals surface area contributed by atoms with Gasteiger partial charge in [-0.15, -0.1) is 0 Å². The fourth-order valence-electron chi connectivity index (χ4n) is 2.91. The molecule has 1 aliphatic rings. The second kappa shape index (κ2) is 8.82. The number of hydrogen-bond donors (Lipinski definition) is 0. The highest BCUT2D eigenvalue weighted by molar-refractivity contribution is 8.27. The number of thioether (sulfide) groups is 1. The molecule has 3 nitrogen and oxygen atoms in total. The Morgan fingerprint density at radius 1 is 1.00 bits per heavy atom. The Hall–Kier alpha value is -2.60. The number of thiocarbonyl (C=S) groups is 1. The van der Waals surface area contributed by atoms with Crippen LogP contribution in [0.25, 0.3) is 6.08 Å². The fourth-order valence-corrected chi connectivity index (χ4v) is 4.39. The van der Waals surface area contributed by atoms with Crippen LogP contribution in [0.5, 0.6) is 5.75 Å². The maximum absolute atomic E-state index is 13.0. The Labute approximate surface area is 183 Å². The summed E-state index contributed by atoms with van der Waals surface area (Å²) < 4.78 is 6.47. The molecule has 0 N–H and O–H groups in total. The maximum atomic E-state index is 13.0. The predicted molar refractivity (Wildman–Crippen MR) is 124 cm³/mol. The van der Waals surface area contributed by atoms with Gasteiger partial charge in [0.25, 0.3) is 5.91 Å². The molecule has 6 heteroatoms. The Morgan fingerprint density at radius 3 is 2.55 bits per heavy atom. The summed E-state index contributed by atoms with van der Waals surface area (Å²) in [4.78, 5) is 15.0. The van der Waals surface area contributed by atoms with Gasteiger partial charge >= 0.3 is 0 Å². The van der Waals surface area contributed by atoms with Crippen LogP contribution in [0.1, 0.15) is 11.1 Å². The van der Waals surface area contributed by atoms with Gasteiger partial charge in [0.05, 0.1) is 10.6 Å². The Bertz CT molecular complexity index is 1100. The molecule has 144 valence electrons. The number of anilines is 1. The number of rotatable bonds is 5. The summed E-state index contributed by atoms with van der Waals surface area (Å²) in [5.41, 5.74) is 2.57. The lowest BCUT2D eigenvalue weighted by molar-refractivity contribution is -0.113. The quantitative estimate of drug-likeness (QED) is 0.345. The molecule has 0 saturated carbocycles. The van der Waals surface area contributed by atoms with Crippen LogP contribution >= 0.6 is 35.6 Å². The largest absolute Gasteiger partial charge is 0.488 e. The fraction of sp³-hybridized carbons (Fsp3) is 0.0435. The van der Waals surface area contributed by atoms with Gasteiger partial charge in [-0.25, -0.2) is 0 Å². The molecule has 1 saturated heterocycles. The number of ether oxygens (including phenoxy) is 1. The molecule has 4 rings (SSSR count). The lowest BCUT2D eigenvalue weighted by Gasteiger charge is -2.14. The lowest BCUT2D eigenvalue weighted by Crippen LogP contribution is -2.27. The monoisotopic (exact) mass is 437 g/mol. The third-order valence-electron chi connectivity index (χ3n) is 4.30. The molecule has 0 aromatic heterocycles. The van der Waals surface area contributed by atoms with Gasteiger partial charge in [-0.1, -0.05) is 90.2 Å². The molecular weight excluding hydrogens is 422 g/mol. The SMILES string of the molecule is O=C1C(=Cc2ccccc2OCc2ccccc2)SC(=S)N1c1cccc(Cl)c1. The van der Waals surface area contributed by atoms with E-state index in [1.165, 1.54) is 16.7 Å². The topological polar surface area (TPSA) is 29.5 Å². The van der Waals surface area contributed by atoms with Crippen LogP contribution in [0, 0.1) is 0 Å². The first-order chi connectivity index (χ1) is 14.1. The summed E-state index contributed by atoms with van der Waals surface area (Å²) >= 11 is 12.8. The minimum Gasteiger partial charge on any atom is -0.488 e. The van der Waals surface area contributed by atoms with Crippen LogP contribution in [-0.2, 0) is 11.4 Å². The van der Waals surface area contributed by atoms with E-state index in [0.29, 0.717) is 32.3 Å². The average molecular weight is 438 g/mol. The second-order valence-electron chi connectivity index (χ2n) is 6.31. The predicted octanol–water partition coefficient (Wildman–Crippen LogP) is 6.32. The minimum atomic E-state index is -0.167. The molecule has 0 aliphatic carbocycles. The van der Waals surface area contributed by atoms with E-state index in [1.807, 2.05) is 66.7 Å². The molecule has 0 radical (unpaired) electrons. The van der Waals surface area contributed by atoms with E-state index in [9.17, 15) is 4.79 Å². The number of nitrogens with zero attached hydrogens (tertiary/aromatic N) is 1. The first-order valence-corrected chi connectivity index (χ1v) is 10.5. The molecule has 1 aliphatic heterocycles. The summed E-state index contributed by atoms with van der Waals surface area (Å²) in [6.07, 6.45) is 1.82. The van der Waals surface area contributed by atoms with Crippen molar-refractivity contribution in [2.45, 2.75) is 6.61 Å². The first kappa shape index (κ1) is 19.7. The van der Waals surface area contributed by atoms with Crippen LogP contribution in [0.3, 0.4) is 0 Å². The molecule has 0 spiro atoms. The van der Waals surface area contributed by atoms with Gasteiger partial charge in [0.15, 0.2) is 4.32 Å². The first-order valence-electron chi connectivity index (χ1n) is 8.91. The van der Waals surface area contributed by atoms with Crippen LogP contribution < -0.4 is 9.64 Å². The number of benzene rings is 3. The van der Waals surface area contributed by atoms with Crippen LogP contribution in [0.4, 0.5) is 5.69 Å². The van der Waals surface area contributed by atoms with Crippen LogP contribution in [0.2, 0.25) is 5.02 Å². The number of carbonyl (C=O) groups excluding carboxylic acids is 1. The van der Waals surface area contributed by atoms with Crippen molar-refractivity contribution in [1.82, 2.24) is 0 Å². The molecule has 0 atom stereocenters. The van der Waals surface area contributed by atoms with Crippen molar-refractivity contribution in [2.75, 3.05) is 4.90 Å². The molecule has 0 bridgehead atoms.